The highest BCUT2D eigenvalue weighted by Crippen LogP contribution is 2.00. The number of hydrogen-bond acceptors (Lipinski definition) is 4. The van der Waals surface area contributed by atoms with Gasteiger partial charge in [0.05, 0.1) is 11.6 Å². The van der Waals surface area contributed by atoms with E-state index in [1.165, 1.54) is 0 Å². The van der Waals surface area contributed by atoms with Crippen LogP contribution in [0.5, 0.6) is 0 Å². The minimum atomic E-state index is 0.493. The van der Waals surface area contributed by atoms with Crippen molar-refractivity contribution in [3.8, 4) is 0 Å². The largest absolute Gasteiger partial charge is 0.393 e. The molecule has 5 heteroatoms. The summed E-state index contributed by atoms with van der Waals surface area (Å²) < 4.78 is 10.5. The molecule has 2 N–H and O–H groups in total. The molecule has 0 radical (unpaired) electrons. The second-order valence-corrected chi connectivity index (χ2v) is 4.83. The molecule has 0 bridgehead atoms. The summed E-state index contributed by atoms with van der Waals surface area (Å²) in [7, 11) is 1.70. The van der Waals surface area contributed by atoms with Crippen LogP contribution in [0.1, 0.15) is 26.7 Å². The third kappa shape index (κ3) is 10.6. The van der Waals surface area contributed by atoms with E-state index >= 15 is 0 Å². The first kappa shape index (κ1) is 16.8. The molecule has 0 aromatic heterocycles. The minimum Gasteiger partial charge on any atom is -0.393 e. The van der Waals surface area contributed by atoms with E-state index in [2.05, 4.69) is 18.7 Å². The Balaban J connectivity index is 3.59. The number of thiocarbonyl (C=S) groups is 1. The number of nitrogens with two attached hydrogens (primary N) is 1. The molecule has 0 aliphatic rings. The van der Waals surface area contributed by atoms with Gasteiger partial charge >= 0.3 is 0 Å². The van der Waals surface area contributed by atoms with Crippen LogP contribution in [0, 0.1) is 0 Å². The Bertz CT molecular complexity index is 201. The van der Waals surface area contributed by atoms with Crippen molar-refractivity contribution in [1.29, 1.82) is 0 Å². The van der Waals surface area contributed by atoms with Crippen molar-refractivity contribution in [3.05, 3.63) is 0 Å². The molecule has 0 fully saturated rings. The van der Waals surface area contributed by atoms with E-state index in [-0.39, 0.29) is 0 Å². The van der Waals surface area contributed by atoms with Gasteiger partial charge in [0.2, 0.25) is 0 Å². The van der Waals surface area contributed by atoms with E-state index in [9.17, 15) is 0 Å². The quantitative estimate of drug-likeness (QED) is 0.451. The van der Waals surface area contributed by atoms with Crippen molar-refractivity contribution in [2.75, 3.05) is 40.0 Å². The van der Waals surface area contributed by atoms with Gasteiger partial charge in [-0.3, -0.25) is 4.90 Å². The van der Waals surface area contributed by atoms with Crippen molar-refractivity contribution in [3.63, 3.8) is 0 Å². The number of rotatable bonds is 11. The lowest BCUT2D eigenvalue weighted by atomic mass is 10.3. The predicted molar refractivity (Wildman–Crippen MR) is 75.4 cm³/mol. The lowest BCUT2D eigenvalue weighted by Crippen LogP contribution is -2.36. The number of ether oxygens (including phenoxy) is 2. The maximum absolute atomic E-state index is 5.54. The summed E-state index contributed by atoms with van der Waals surface area (Å²) in [6, 6.07) is 0.493. The summed E-state index contributed by atoms with van der Waals surface area (Å²) >= 11 is 4.89. The topological polar surface area (TPSA) is 47.7 Å². The van der Waals surface area contributed by atoms with Gasteiger partial charge in [0, 0.05) is 45.9 Å². The maximum Gasteiger partial charge on any atom is 0.0740 e. The highest BCUT2D eigenvalue weighted by molar-refractivity contribution is 7.80. The van der Waals surface area contributed by atoms with Crippen molar-refractivity contribution in [1.82, 2.24) is 4.90 Å². The standard InChI is InChI=1S/C12H26N2O2S/c1-11(2)14(6-5-12(13)17)7-10-16-9-4-8-15-3/h11H,4-10H2,1-3H3,(H2,13,17). The van der Waals surface area contributed by atoms with E-state index in [0.717, 1.165) is 45.8 Å². The monoisotopic (exact) mass is 262 g/mol. The van der Waals surface area contributed by atoms with Gasteiger partial charge in [-0.1, -0.05) is 12.2 Å². The zero-order chi connectivity index (χ0) is 13.1. The molecule has 0 aromatic rings. The van der Waals surface area contributed by atoms with Crippen LogP contribution in [-0.2, 0) is 9.47 Å². The van der Waals surface area contributed by atoms with Crippen LogP contribution in [0.2, 0.25) is 0 Å². The van der Waals surface area contributed by atoms with Gasteiger partial charge in [0.1, 0.15) is 0 Å². The molecule has 0 aliphatic heterocycles. The van der Waals surface area contributed by atoms with Gasteiger partial charge in [-0.25, -0.2) is 0 Å². The van der Waals surface area contributed by atoms with E-state index in [1.807, 2.05) is 0 Å². The Morgan fingerprint density at radius 3 is 2.47 bits per heavy atom. The molecule has 102 valence electrons. The fourth-order valence-corrected chi connectivity index (χ4v) is 1.56. The average Bonchev–Trinajstić information content (AvgIpc) is 2.26. The van der Waals surface area contributed by atoms with Crippen LogP contribution in [0.15, 0.2) is 0 Å². The summed E-state index contributed by atoms with van der Waals surface area (Å²) in [5.41, 5.74) is 5.51. The van der Waals surface area contributed by atoms with E-state index in [0.29, 0.717) is 11.0 Å². The molecule has 0 heterocycles. The number of nitrogens with zero attached hydrogens (tertiary/aromatic N) is 1. The van der Waals surface area contributed by atoms with Gasteiger partial charge in [0.15, 0.2) is 0 Å². The predicted octanol–water partition coefficient (Wildman–Crippen LogP) is 1.43. The van der Waals surface area contributed by atoms with E-state index in [1.54, 1.807) is 7.11 Å². The zero-order valence-electron chi connectivity index (χ0n) is 11.3. The van der Waals surface area contributed by atoms with Gasteiger partial charge < -0.3 is 15.2 Å². The summed E-state index contributed by atoms with van der Waals surface area (Å²) in [6.07, 6.45) is 1.72. The first-order chi connectivity index (χ1) is 8.07. The van der Waals surface area contributed by atoms with Crippen LogP contribution in [0.25, 0.3) is 0 Å². The Morgan fingerprint density at radius 2 is 1.94 bits per heavy atom. The van der Waals surface area contributed by atoms with Crippen LogP contribution in [0.4, 0.5) is 0 Å². The van der Waals surface area contributed by atoms with Gasteiger partial charge in [-0.15, -0.1) is 0 Å². The second-order valence-electron chi connectivity index (χ2n) is 4.30. The van der Waals surface area contributed by atoms with E-state index < -0.39 is 0 Å². The summed E-state index contributed by atoms with van der Waals surface area (Å²) in [5.74, 6) is 0. The smallest absolute Gasteiger partial charge is 0.0740 e. The highest BCUT2D eigenvalue weighted by atomic mass is 32.1. The molecular formula is C12H26N2O2S. The summed E-state index contributed by atoms with van der Waals surface area (Å²) in [6.45, 7) is 8.44. The van der Waals surface area contributed by atoms with Crippen molar-refractivity contribution in [2.45, 2.75) is 32.7 Å². The minimum absolute atomic E-state index is 0.493. The first-order valence-electron chi connectivity index (χ1n) is 6.17. The highest BCUT2D eigenvalue weighted by Gasteiger charge is 2.09. The van der Waals surface area contributed by atoms with Gasteiger partial charge in [0.25, 0.3) is 0 Å². The third-order valence-electron chi connectivity index (χ3n) is 2.54. The molecule has 0 aliphatic carbocycles. The van der Waals surface area contributed by atoms with Crippen molar-refractivity contribution in [2.24, 2.45) is 5.73 Å². The molecule has 0 spiro atoms. The molecule has 0 aromatic carbocycles. The second kappa shape index (κ2) is 10.9. The van der Waals surface area contributed by atoms with Crippen LogP contribution in [-0.4, -0.2) is 56.0 Å². The SMILES string of the molecule is COCCCOCCN(CCC(N)=S)C(C)C. The van der Waals surface area contributed by atoms with E-state index in [4.69, 9.17) is 27.4 Å². The zero-order valence-corrected chi connectivity index (χ0v) is 12.1. The molecule has 17 heavy (non-hydrogen) atoms. The lowest BCUT2D eigenvalue weighted by molar-refractivity contribution is 0.0771. The number of methoxy groups -OCH3 is 1. The fourth-order valence-electron chi connectivity index (χ4n) is 1.47. The molecular weight excluding hydrogens is 236 g/mol. The Hall–Kier alpha value is -0.230. The Labute approximate surface area is 110 Å². The maximum atomic E-state index is 5.54. The Morgan fingerprint density at radius 1 is 1.24 bits per heavy atom. The molecule has 0 atom stereocenters. The normalized spacial score (nSPS) is 11.4. The molecule has 0 amide bonds. The summed E-state index contributed by atoms with van der Waals surface area (Å²) in [4.78, 5) is 2.91. The van der Waals surface area contributed by atoms with Crippen LogP contribution in [0.3, 0.4) is 0 Å². The van der Waals surface area contributed by atoms with Gasteiger partial charge in [-0.05, 0) is 20.3 Å². The average molecular weight is 262 g/mol. The molecule has 0 saturated carbocycles. The molecule has 0 saturated heterocycles. The fraction of sp³-hybridized carbons (Fsp3) is 0.917. The Kier molecular flexibility index (Phi) is 10.7. The first-order valence-corrected chi connectivity index (χ1v) is 6.57. The molecule has 4 nitrogen and oxygen atoms in total. The third-order valence-corrected chi connectivity index (χ3v) is 2.74. The van der Waals surface area contributed by atoms with Crippen molar-refractivity contribution >= 4 is 17.2 Å². The van der Waals surface area contributed by atoms with Gasteiger partial charge in [-0.2, -0.15) is 0 Å². The summed E-state index contributed by atoms with van der Waals surface area (Å²) in [5, 5.41) is 0. The van der Waals surface area contributed by atoms with Crippen LogP contribution >= 0.6 is 12.2 Å². The van der Waals surface area contributed by atoms with Crippen LogP contribution < -0.4 is 5.73 Å². The molecule has 0 unspecified atom stereocenters. The number of hydrogen-bond donors (Lipinski definition) is 1. The lowest BCUT2D eigenvalue weighted by Gasteiger charge is -2.26. The van der Waals surface area contributed by atoms with Crippen molar-refractivity contribution < 1.29 is 9.47 Å². The molecule has 0 rings (SSSR count).